The highest BCUT2D eigenvalue weighted by molar-refractivity contribution is 5.92. The first-order valence-corrected chi connectivity index (χ1v) is 8.21. The van der Waals surface area contributed by atoms with Gasteiger partial charge in [0.05, 0.1) is 6.10 Å². The maximum absolute atomic E-state index is 12.6. The van der Waals surface area contributed by atoms with Crippen molar-refractivity contribution in [2.75, 3.05) is 19.7 Å². The van der Waals surface area contributed by atoms with Gasteiger partial charge in [0.15, 0.2) is 0 Å². The molecule has 0 spiro atoms. The van der Waals surface area contributed by atoms with Gasteiger partial charge in [0.1, 0.15) is 11.5 Å². The monoisotopic (exact) mass is 305 g/mol. The molecular formula is C17H27N3O2. The lowest BCUT2D eigenvalue weighted by Gasteiger charge is -2.32. The van der Waals surface area contributed by atoms with Gasteiger partial charge in [0.25, 0.3) is 5.91 Å². The van der Waals surface area contributed by atoms with Gasteiger partial charge in [-0.15, -0.1) is 0 Å². The average Bonchev–Trinajstić information content (AvgIpc) is 2.53. The first-order valence-electron chi connectivity index (χ1n) is 8.21. The molecule has 1 aromatic heterocycles. The third-order valence-corrected chi connectivity index (χ3v) is 3.98. The van der Waals surface area contributed by atoms with Crippen molar-refractivity contribution in [1.82, 2.24) is 14.9 Å². The minimum absolute atomic E-state index is 0.0209. The van der Waals surface area contributed by atoms with Gasteiger partial charge in [0.2, 0.25) is 0 Å². The SMILES string of the molecule is CC(C)OCC1CCN(C(=O)c2ccnc(C(C)C)n2)CC1. The summed E-state index contributed by atoms with van der Waals surface area (Å²) in [6.45, 7) is 10.5. The van der Waals surface area contributed by atoms with Crippen molar-refractivity contribution in [2.45, 2.75) is 52.6 Å². The molecular weight excluding hydrogens is 278 g/mol. The van der Waals surface area contributed by atoms with E-state index in [1.165, 1.54) is 0 Å². The Kier molecular flexibility index (Phi) is 5.89. The van der Waals surface area contributed by atoms with Crippen molar-refractivity contribution in [3.63, 3.8) is 0 Å². The molecule has 5 heteroatoms. The molecule has 0 aliphatic carbocycles. The Balaban J connectivity index is 1.91. The van der Waals surface area contributed by atoms with Crippen LogP contribution in [-0.4, -0.2) is 46.6 Å². The number of aromatic nitrogens is 2. The largest absolute Gasteiger partial charge is 0.379 e. The number of hydrogen-bond donors (Lipinski definition) is 0. The standard InChI is InChI=1S/C17H27N3O2/c1-12(2)16-18-8-5-15(19-16)17(21)20-9-6-14(7-10-20)11-22-13(3)4/h5,8,12-14H,6-7,9-11H2,1-4H3. The number of likely N-dealkylation sites (tertiary alicyclic amines) is 1. The van der Waals surface area contributed by atoms with E-state index in [1.807, 2.05) is 18.7 Å². The van der Waals surface area contributed by atoms with Crippen LogP contribution in [0.25, 0.3) is 0 Å². The molecule has 2 rings (SSSR count). The van der Waals surface area contributed by atoms with Crippen molar-refractivity contribution >= 4 is 5.91 Å². The van der Waals surface area contributed by atoms with Crippen molar-refractivity contribution in [3.8, 4) is 0 Å². The molecule has 0 aromatic carbocycles. The number of hydrogen-bond acceptors (Lipinski definition) is 4. The van der Waals surface area contributed by atoms with Gasteiger partial charge in [-0.3, -0.25) is 4.79 Å². The first-order chi connectivity index (χ1) is 10.5. The molecule has 0 unspecified atom stereocenters. The normalized spacial score (nSPS) is 16.5. The molecule has 2 heterocycles. The predicted octanol–water partition coefficient (Wildman–Crippen LogP) is 2.88. The number of amides is 1. The second kappa shape index (κ2) is 7.68. The summed E-state index contributed by atoms with van der Waals surface area (Å²) in [5.41, 5.74) is 0.510. The number of carbonyl (C=O) groups excluding carboxylic acids is 1. The Bertz CT molecular complexity index is 494. The summed E-state index contributed by atoms with van der Waals surface area (Å²) in [5, 5.41) is 0. The smallest absolute Gasteiger partial charge is 0.272 e. The third kappa shape index (κ3) is 4.50. The second-order valence-electron chi connectivity index (χ2n) is 6.57. The minimum atomic E-state index is 0.0209. The van der Waals surface area contributed by atoms with Crippen molar-refractivity contribution in [3.05, 3.63) is 23.8 Å². The molecule has 1 saturated heterocycles. The number of piperidine rings is 1. The lowest BCUT2D eigenvalue weighted by molar-refractivity contribution is 0.0285. The molecule has 122 valence electrons. The van der Waals surface area contributed by atoms with E-state index in [-0.39, 0.29) is 17.9 Å². The number of nitrogens with zero attached hydrogens (tertiary/aromatic N) is 3. The molecule has 0 radical (unpaired) electrons. The van der Waals surface area contributed by atoms with E-state index in [2.05, 4.69) is 23.8 Å². The Morgan fingerprint density at radius 2 is 2.00 bits per heavy atom. The molecule has 1 aromatic rings. The molecule has 22 heavy (non-hydrogen) atoms. The van der Waals surface area contributed by atoms with Crippen LogP contribution in [0.2, 0.25) is 0 Å². The van der Waals surface area contributed by atoms with E-state index in [0.29, 0.717) is 11.6 Å². The molecule has 1 aliphatic rings. The lowest BCUT2D eigenvalue weighted by atomic mass is 9.97. The van der Waals surface area contributed by atoms with E-state index in [4.69, 9.17) is 4.74 Å². The number of carbonyl (C=O) groups is 1. The van der Waals surface area contributed by atoms with E-state index in [0.717, 1.165) is 38.4 Å². The van der Waals surface area contributed by atoms with Crippen LogP contribution >= 0.6 is 0 Å². The van der Waals surface area contributed by atoms with Crippen LogP contribution in [0.4, 0.5) is 0 Å². The highest BCUT2D eigenvalue weighted by Gasteiger charge is 2.25. The van der Waals surface area contributed by atoms with Gasteiger partial charge in [0, 0.05) is 31.8 Å². The Hall–Kier alpha value is -1.49. The Morgan fingerprint density at radius 1 is 1.32 bits per heavy atom. The van der Waals surface area contributed by atoms with E-state index < -0.39 is 0 Å². The minimum Gasteiger partial charge on any atom is -0.379 e. The summed E-state index contributed by atoms with van der Waals surface area (Å²) in [5.74, 6) is 1.54. The zero-order valence-corrected chi connectivity index (χ0v) is 14.1. The molecule has 1 fully saturated rings. The van der Waals surface area contributed by atoms with Crippen LogP contribution in [0.3, 0.4) is 0 Å². The molecule has 0 atom stereocenters. The molecule has 0 N–H and O–H groups in total. The van der Waals surface area contributed by atoms with Crippen molar-refractivity contribution < 1.29 is 9.53 Å². The fraction of sp³-hybridized carbons (Fsp3) is 0.706. The average molecular weight is 305 g/mol. The number of rotatable bonds is 5. The van der Waals surface area contributed by atoms with Crippen LogP contribution in [0.1, 0.15) is 62.8 Å². The summed E-state index contributed by atoms with van der Waals surface area (Å²) in [6.07, 6.45) is 3.95. The molecule has 1 aliphatic heterocycles. The van der Waals surface area contributed by atoms with Crippen LogP contribution in [0.15, 0.2) is 12.3 Å². The molecule has 0 bridgehead atoms. The van der Waals surface area contributed by atoms with Crippen LogP contribution in [0.5, 0.6) is 0 Å². The Labute approximate surface area is 133 Å². The molecule has 1 amide bonds. The van der Waals surface area contributed by atoms with Crippen molar-refractivity contribution in [1.29, 1.82) is 0 Å². The van der Waals surface area contributed by atoms with Gasteiger partial charge in [-0.2, -0.15) is 0 Å². The zero-order valence-electron chi connectivity index (χ0n) is 14.1. The highest BCUT2D eigenvalue weighted by Crippen LogP contribution is 2.20. The third-order valence-electron chi connectivity index (χ3n) is 3.98. The lowest BCUT2D eigenvalue weighted by Crippen LogP contribution is -2.40. The quantitative estimate of drug-likeness (QED) is 0.839. The van der Waals surface area contributed by atoms with Gasteiger partial charge < -0.3 is 9.64 Å². The fourth-order valence-electron chi connectivity index (χ4n) is 2.56. The van der Waals surface area contributed by atoms with Gasteiger partial charge in [-0.25, -0.2) is 9.97 Å². The fourth-order valence-corrected chi connectivity index (χ4v) is 2.56. The summed E-state index contributed by atoms with van der Waals surface area (Å²) in [6, 6.07) is 1.71. The summed E-state index contributed by atoms with van der Waals surface area (Å²) in [7, 11) is 0. The van der Waals surface area contributed by atoms with E-state index in [1.54, 1.807) is 12.3 Å². The van der Waals surface area contributed by atoms with Gasteiger partial charge in [-0.05, 0) is 38.7 Å². The van der Waals surface area contributed by atoms with Gasteiger partial charge >= 0.3 is 0 Å². The van der Waals surface area contributed by atoms with Crippen LogP contribution in [0, 0.1) is 5.92 Å². The van der Waals surface area contributed by atoms with Crippen LogP contribution < -0.4 is 0 Å². The first kappa shape index (κ1) is 16.9. The predicted molar refractivity (Wildman–Crippen MR) is 85.8 cm³/mol. The van der Waals surface area contributed by atoms with E-state index in [9.17, 15) is 4.79 Å². The summed E-state index contributed by atoms with van der Waals surface area (Å²) >= 11 is 0. The summed E-state index contributed by atoms with van der Waals surface area (Å²) in [4.78, 5) is 23.1. The van der Waals surface area contributed by atoms with Crippen LogP contribution in [-0.2, 0) is 4.74 Å². The second-order valence-corrected chi connectivity index (χ2v) is 6.57. The molecule has 5 nitrogen and oxygen atoms in total. The van der Waals surface area contributed by atoms with Crippen molar-refractivity contribution in [2.24, 2.45) is 5.92 Å². The summed E-state index contributed by atoms with van der Waals surface area (Å²) < 4.78 is 5.68. The highest BCUT2D eigenvalue weighted by atomic mass is 16.5. The topological polar surface area (TPSA) is 55.3 Å². The van der Waals surface area contributed by atoms with Gasteiger partial charge in [-0.1, -0.05) is 13.8 Å². The maximum atomic E-state index is 12.6. The number of ether oxygens (including phenoxy) is 1. The molecule has 0 saturated carbocycles. The maximum Gasteiger partial charge on any atom is 0.272 e. The van der Waals surface area contributed by atoms with E-state index >= 15 is 0 Å². The Morgan fingerprint density at radius 3 is 2.59 bits per heavy atom. The zero-order chi connectivity index (χ0) is 16.1.